The summed E-state index contributed by atoms with van der Waals surface area (Å²) in [7, 11) is 2.34. The maximum Gasteiger partial charge on any atom is 0.242 e. The Morgan fingerprint density at radius 2 is 1.18 bits per heavy atom. The van der Waals surface area contributed by atoms with Gasteiger partial charge < -0.3 is 4.90 Å². The van der Waals surface area contributed by atoms with Crippen molar-refractivity contribution in [3.63, 3.8) is 0 Å². The molecule has 40 heavy (non-hydrogen) atoms. The van der Waals surface area contributed by atoms with Gasteiger partial charge in [-0.1, -0.05) is 132 Å². The molecule has 3 heterocycles. The van der Waals surface area contributed by atoms with Crippen molar-refractivity contribution >= 4 is 34.5 Å². The first-order chi connectivity index (χ1) is 19.8. The third-order valence-corrected chi connectivity index (χ3v) is 9.81. The first-order valence-corrected chi connectivity index (χ1v) is 14.7. The highest BCUT2D eigenvalue weighted by atomic mass is 15.4. The summed E-state index contributed by atoms with van der Waals surface area (Å²) in [5.41, 5.74) is 11.0. The lowest BCUT2D eigenvalue weighted by atomic mass is 9.30. The van der Waals surface area contributed by atoms with E-state index in [-0.39, 0.29) is 18.3 Å². The molecule has 0 bridgehead atoms. The summed E-state index contributed by atoms with van der Waals surface area (Å²) >= 11 is 0. The molecule has 0 saturated carbocycles. The van der Waals surface area contributed by atoms with Gasteiger partial charge in [0.25, 0.3) is 0 Å². The van der Waals surface area contributed by atoms with E-state index < -0.39 is 0 Å². The number of piperidine rings is 1. The van der Waals surface area contributed by atoms with Gasteiger partial charge in [-0.3, -0.25) is 4.90 Å². The normalized spacial score (nSPS) is 20.8. The summed E-state index contributed by atoms with van der Waals surface area (Å²) < 4.78 is 0. The summed E-state index contributed by atoms with van der Waals surface area (Å²) in [6.07, 6.45) is 2.64. The first kappa shape index (κ1) is 23.8. The third-order valence-electron chi connectivity index (χ3n) is 9.81. The lowest BCUT2D eigenvalue weighted by Crippen LogP contribution is -2.68. The monoisotopic (exact) mass is 516 g/mol. The van der Waals surface area contributed by atoms with E-state index in [2.05, 4.69) is 150 Å². The molecule has 194 valence electrons. The number of anilines is 2. The Morgan fingerprint density at radius 3 is 1.85 bits per heavy atom. The van der Waals surface area contributed by atoms with Crippen molar-refractivity contribution in [3.8, 4) is 0 Å². The summed E-state index contributed by atoms with van der Waals surface area (Å²) in [6, 6.07) is 50.1. The lowest BCUT2D eigenvalue weighted by Gasteiger charge is -2.60. The standard InChI is InChI=1S/C37H33BN2/c1-39-26-14-22-32-36(39)40(28-17-6-3-7-18-28)35-25-13-10-21-31(35)37(32)29-19-8-11-23-33(29)38(27-15-4-2-5-16-27)34-24-12-9-20-30(34)37/h2-13,15-21,23-25,32,36H,14,22,26H2,1H3. The molecule has 1 fully saturated rings. The first-order valence-electron chi connectivity index (χ1n) is 14.7. The summed E-state index contributed by atoms with van der Waals surface area (Å²) in [6.45, 7) is 1.33. The van der Waals surface area contributed by atoms with Gasteiger partial charge in [0.2, 0.25) is 6.71 Å². The van der Waals surface area contributed by atoms with Gasteiger partial charge in [-0.25, -0.2) is 0 Å². The van der Waals surface area contributed by atoms with Crippen LogP contribution in [0.25, 0.3) is 0 Å². The molecule has 2 unspecified atom stereocenters. The summed E-state index contributed by atoms with van der Waals surface area (Å²) in [4.78, 5) is 5.26. The van der Waals surface area contributed by atoms with E-state index >= 15 is 0 Å². The minimum atomic E-state index is -0.236. The van der Waals surface area contributed by atoms with Gasteiger partial charge in [-0.05, 0) is 61.3 Å². The molecular weight excluding hydrogens is 483 g/mol. The zero-order valence-corrected chi connectivity index (χ0v) is 22.9. The molecule has 3 aliphatic rings. The average Bonchev–Trinajstić information content (AvgIpc) is 3.02. The molecule has 3 heteroatoms. The van der Waals surface area contributed by atoms with Crippen LogP contribution in [0.4, 0.5) is 11.4 Å². The van der Waals surface area contributed by atoms with Gasteiger partial charge >= 0.3 is 0 Å². The molecule has 0 aromatic heterocycles. The predicted octanol–water partition coefficient (Wildman–Crippen LogP) is 5.67. The molecule has 1 saturated heterocycles. The van der Waals surface area contributed by atoms with Crippen LogP contribution in [0.2, 0.25) is 0 Å². The van der Waals surface area contributed by atoms with E-state index in [0.29, 0.717) is 5.92 Å². The SMILES string of the molecule is CN1CCCC2C1N(c1ccccc1)c1ccccc1C21c2ccccc2B(c2ccccc2)c2ccccc21. The summed E-state index contributed by atoms with van der Waals surface area (Å²) in [5, 5.41) is 0. The fraction of sp³-hybridized carbons (Fsp3) is 0.189. The number of fused-ring (bicyclic) bond motifs is 8. The fourth-order valence-electron chi connectivity index (χ4n) is 8.43. The van der Waals surface area contributed by atoms with Crippen LogP contribution in [0.15, 0.2) is 133 Å². The minimum Gasteiger partial charge on any atom is -0.325 e. The second-order valence-corrected chi connectivity index (χ2v) is 11.7. The number of benzene rings is 5. The largest absolute Gasteiger partial charge is 0.325 e. The lowest BCUT2D eigenvalue weighted by molar-refractivity contribution is 0.0851. The van der Waals surface area contributed by atoms with Crippen molar-refractivity contribution in [2.45, 2.75) is 24.4 Å². The van der Waals surface area contributed by atoms with Crippen molar-refractivity contribution in [1.29, 1.82) is 0 Å². The molecule has 0 aliphatic carbocycles. The Bertz CT molecular complexity index is 1630. The topological polar surface area (TPSA) is 6.48 Å². The van der Waals surface area contributed by atoms with E-state index in [1.165, 1.54) is 57.3 Å². The highest BCUT2D eigenvalue weighted by Crippen LogP contribution is 2.58. The molecule has 3 aliphatic heterocycles. The van der Waals surface area contributed by atoms with Gasteiger partial charge in [0.1, 0.15) is 0 Å². The van der Waals surface area contributed by atoms with Gasteiger partial charge in [0.05, 0.1) is 11.6 Å². The van der Waals surface area contributed by atoms with E-state index in [9.17, 15) is 0 Å². The molecule has 2 nitrogen and oxygen atoms in total. The van der Waals surface area contributed by atoms with Crippen molar-refractivity contribution in [1.82, 2.24) is 4.90 Å². The Balaban J connectivity index is 1.49. The van der Waals surface area contributed by atoms with Gasteiger partial charge in [0, 0.05) is 17.3 Å². The highest BCUT2D eigenvalue weighted by Gasteiger charge is 2.59. The van der Waals surface area contributed by atoms with Gasteiger partial charge in [-0.15, -0.1) is 0 Å². The van der Waals surface area contributed by atoms with Crippen LogP contribution >= 0.6 is 0 Å². The summed E-state index contributed by atoms with van der Waals surface area (Å²) in [5.74, 6) is 0.389. The number of hydrogen-bond donors (Lipinski definition) is 0. The maximum absolute atomic E-state index is 2.64. The highest BCUT2D eigenvalue weighted by molar-refractivity contribution is 6.96. The zero-order valence-electron chi connectivity index (χ0n) is 22.9. The Morgan fingerprint density at radius 1 is 0.625 bits per heavy atom. The third kappa shape index (κ3) is 3.22. The van der Waals surface area contributed by atoms with E-state index in [4.69, 9.17) is 0 Å². The van der Waals surface area contributed by atoms with Crippen LogP contribution in [0, 0.1) is 5.92 Å². The van der Waals surface area contributed by atoms with Gasteiger partial charge in [-0.2, -0.15) is 0 Å². The quantitative estimate of drug-likeness (QED) is 0.279. The number of rotatable bonds is 2. The van der Waals surface area contributed by atoms with Crippen LogP contribution in [-0.2, 0) is 5.41 Å². The predicted molar refractivity (Wildman–Crippen MR) is 168 cm³/mol. The number of likely N-dealkylation sites (tertiary alicyclic amines) is 1. The Hall–Kier alpha value is -4.08. The van der Waals surface area contributed by atoms with Crippen molar-refractivity contribution in [2.24, 2.45) is 5.92 Å². The fourth-order valence-corrected chi connectivity index (χ4v) is 8.43. The van der Waals surface area contributed by atoms with Crippen LogP contribution in [0.3, 0.4) is 0 Å². The maximum atomic E-state index is 2.64. The zero-order chi connectivity index (χ0) is 26.7. The van der Waals surface area contributed by atoms with Gasteiger partial charge in [0.15, 0.2) is 0 Å². The number of hydrogen-bond acceptors (Lipinski definition) is 2. The second-order valence-electron chi connectivity index (χ2n) is 11.7. The van der Waals surface area contributed by atoms with Crippen molar-refractivity contribution in [2.75, 3.05) is 18.5 Å². The number of nitrogens with zero attached hydrogens (tertiary/aromatic N) is 2. The van der Waals surface area contributed by atoms with E-state index in [1.807, 2.05) is 0 Å². The molecule has 0 amide bonds. The molecule has 8 rings (SSSR count). The molecule has 1 spiro atoms. The molecule has 2 atom stereocenters. The van der Waals surface area contributed by atoms with E-state index in [1.54, 1.807) is 0 Å². The van der Waals surface area contributed by atoms with Crippen LogP contribution in [-0.4, -0.2) is 31.4 Å². The molecule has 5 aromatic rings. The molecular formula is C37H33BN2. The van der Waals surface area contributed by atoms with Crippen LogP contribution < -0.4 is 21.3 Å². The van der Waals surface area contributed by atoms with Crippen LogP contribution in [0.1, 0.15) is 29.5 Å². The van der Waals surface area contributed by atoms with E-state index in [0.717, 1.165) is 6.54 Å². The Kier molecular flexibility index (Phi) is 5.50. The molecule has 5 aromatic carbocycles. The smallest absolute Gasteiger partial charge is 0.242 e. The molecule has 0 N–H and O–H groups in total. The molecule has 0 radical (unpaired) electrons. The Labute approximate surface area is 238 Å². The van der Waals surface area contributed by atoms with Crippen molar-refractivity contribution < 1.29 is 0 Å². The number of para-hydroxylation sites is 2. The van der Waals surface area contributed by atoms with Crippen LogP contribution in [0.5, 0.6) is 0 Å². The minimum absolute atomic E-state index is 0.221. The van der Waals surface area contributed by atoms with Crippen molar-refractivity contribution in [3.05, 3.63) is 150 Å². The second kappa shape index (κ2) is 9.25. The average molecular weight is 516 g/mol.